The molecule has 0 amide bonds. The lowest BCUT2D eigenvalue weighted by Gasteiger charge is -2.23. The molecule has 2 heterocycles. The zero-order valence-corrected chi connectivity index (χ0v) is 12.5. The summed E-state index contributed by atoms with van der Waals surface area (Å²) in [4.78, 5) is 3.83. The Morgan fingerprint density at radius 2 is 2.24 bits per heavy atom. The Kier molecular flexibility index (Phi) is 3.75. The van der Waals surface area contributed by atoms with Gasteiger partial charge in [0.05, 0.1) is 18.3 Å². The lowest BCUT2D eigenvalue weighted by atomic mass is 10.2. The molecule has 2 N–H and O–H groups in total. The van der Waals surface area contributed by atoms with Crippen LogP contribution >= 0.6 is 11.6 Å². The highest BCUT2D eigenvalue weighted by atomic mass is 35.5. The molecule has 0 saturated carbocycles. The Balaban J connectivity index is 2.13. The molecule has 21 heavy (non-hydrogen) atoms. The minimum absolute atomic E-state index is 0.176. The van der Waals surface area contributed by atoms with Gasteiger partial charge in [-0.25, -0.2) is 8.42 Å². The van der Waals surface area contributed by atoms with Gasteiger partial charge in [0.1, 0.15) is 10.6 Å². The summed E-state index contributed by atoms with van der Waals surface area (Å²) in [6.07, 6.45) is 1.15. The molecule has 3 rings (SSSR count). The lowest BCUT2D eigenvalue weighted by Crippen LogP contribution is -2.43. The van der Waals surface area contributed by atoms with E-state index in [2.05, 4.69) is 10.3 Å². The molecule has 1 aromatic heterocycles. The van der Waals surface area contributed by atoms with Crippen molar-refractivity contribution in [1.82, 2.24) is 10.3 Å². The van der Waals surface area contributed by atoms with Gasteiger partial charge in [-0.3, -0.25) is 4.98 Å². The number of sulfone groups is 1. The van der Waals surface area contributed by atoms with Gasteiger partial charge < -0.3 is 15.2 Å². The summed E-state index contributed by atoms with van der Waals surface area (Å²) in [5, 5.41) is 13.9. The van der Waals surface area contributed by atoms with E-state index < -0.39 is 15.3 Å². The predicted octanol–water partition coefficient (Wildman–Crippen LogP) is 1.31. The second-order valence-corrected chi connectivity index (χ2v) is 7.17. The highest BCUT2D eigenvalue weighted by Gasteiger charge is 2.33. The second kappa shape index (κ2) is 5.42. The Hall–Kier alpha value is -1.41. The molecular weight excluding hydrogens is 316 g/mol. The molecule has 8 heteroatoms. The molecule has 1 atom stereocenters. The molecule has 1 aliphatic heterocycles. The fourth-order valence-corrected chi connectivity index (χ4v) is 3.87. The Morgan fingerprint density at radius 3 is 2.95 bits per heavy atom. The number of ether oxygens (including phenoxy) is 1. The molecule has 0 radical (unpaired) electrons. The largest absolute Gasteiger partial charge is 0.506 e. The number of nitrogens with one attached hydrogen (secondary N) is 1. The third kappa shape index (κ3) is 2.57. The number of nitrogens with zero attached hydrogens (tertiary/aromatic N) is 1. The van der Waals surface area contributed by atoms with Gasteiger partial charge in [-0.2, -0.15) is 0 Å². The van der Waals surface area contributed by atoms with E-state index in [1.54, 1.807) is 12.1 Å². The van der Waals surface area contributed by atoms with Crippen molar-refractivity contribution in [2.24, 2.45) is 0 Å². The first-order valence-electron chi connectivity index (χ1n) is 6.33. The Morgan fingerprint density at radius 1 is 1.43 bits per heavy atom. The fourth-order valence-electron chi connectivity index (χ4n) is 2.22. The first-order chi connectivity index (χ1) is 10.00. The summed E-state index contributed by atoms with van der Waals surface area (Å²) in [6, 6.07) is 4.73. The average Bonchev–Trinajstić information content (AvgIpc) is 2.49. The minimum atomic E-state index is -3.84. The monoisotopic (exact) mass is 328 g/mol. The molecule has 1 unspecified atom stereocenters. The van der Waals surface area contributed by atoms with Gasteiger partial charge in [0.25, 0.3) is 0 Å². The molecule has 0 bridgehead atoms. The first kappa shape index (κ1) is 14.5. The molecule has 2 aromatic rings. The number of halogens is 1. The van der Waals surface area contributed by atoms with Gasteiger partial charge >= 0.3 is 0 Å². The van der Waals surface area contributed by atoms with Crippen LogP contribution in [0.1, 0.15) is 0 Å². The van der Waals surface area contributed by atoms with Crippen molar-refractivity contribution in [3.05, 3.63) is 29.4 Å². The minimum Gasteiger partial charge on any atom is -0.506 e. The van der Waals surface area contributed by atoms with Crippen LogP contribution in [0.15, 0.2) is 29.3 Å². The van der Waals surface area contributed by atoms with E-state index in [4.69, 9.17) is 16.3 Å². The maximum Gasteiger partial charge on any atom is 0.211 e. The lowest BCUT2D eigenvalue weighted by molar-refractivity contribution is 0.0784. The van der Waals surface area contributed by atoms with Crippen molar-refractivity contribution in [2.45, 2.75) is 10.3 Å². The Bertz CT molecular complexity index is 788. The number of benzene rings is 1. The molecular formula is C13H13ClN2O4S. The summed E-state index contributed by atoms with van der Waals surface area (Å²) < 4.78 is 30.3. The number of aromatic hydroxyl groups is 1. The number of morpholine rings is 1. The van der Waals surface area contributed by atoms with E-state index in [1.165, 1.54) is 6.07 Å². The second-order valence-electron chi connectivity index (χ2n) is 4.68. The van der Waals surface area contributed by atoms with Crippen LogP contribution < -0.4 is 5.32 Å². The van der Waals surface area contributed by atoms with Crippen LogP contribution in [-0.4, -0.2) is 43.6 Å². The van der Waals surface area contributed by atoms with Gasteiger partial charge in [-0.1, -0.05) is 11.6 Å². The summed E-state index contributed by atoms with van der Waals surface area (Å²) in [5.41, 5.74) is -0.561. The summed E-state index contributed by atoms with van der Waals surface area (Å²) in [5.74, 6) is -0.350. The maximum atomic E-state index is 12.5. The Labute approximate surface area is 126 Å². The standard InChI is InChI=1S/C13H13ClN2O4S/c14-8-1-2-10-9(5-8)13(17)11(6-16-10)21(18,19)12-7-15-3-4-20-12/h1-2,5-6,12,15H,3-4,7H2,(H,16,17). The average molecular weight is 329 g/mol. The van der Waals surface area contributed by atoms with Gasteiger partial charge in [0.15, 0.2) is 5.44 Å². The molecule has 1 aromatic carbocycles. The zero-order valence-electron chi connectivity index (χ0n) is 10.9. The van der Waals surface area contributed by atoms with Crippen molar-refractivity contribution >= 4 is 32.3 Å². The van der Waals surface area contributed by atoms with Crippen LogP contribution in [0.2, 0.25) is 5.02 Å². The number of rotatable bonds is 2. The van der Waals surface area contributed by atoms with Crippen molar-refractivity contribution in [3.63, 3.8) is 0 Å². The molecule has 0 spiro atoms. The van der Waals surface area contributed by atoms with Crippen molar-refractivity contribution in [3.8, 4) is 5.75 Å². The number of pyridine rings is 1. The molecule has 6 nitrogen and oxygen atoms in total. The van der Waals surface area contributed by atoms with Crippen molar-refractivity contribution in [2.75, 3.05) is 19.7 Å². The van der Waals surface area contributed by atoms with E-state index >= 15 is 0 Å². The van der Waals surface area contributed by atoms with Crippen molar-refractivity contribution < 1.29 is 18.3 Å². The maximum absolute atomic E-state index is 12.5. The topological polar surface area (TPSA) is 88.5 Å². The van der Waals surface area contributed by atoms with E-state index in [1.807, 2.05) is 0 Å². The number of aromatic nitrogens is 1. The number of hydrogen-bond acceptors (Lipinski definition) is 6. The van der Waals surface area contributed by atoms with Crippen LogP contribution in [0, 0.1) is 0 Å². The van der Waals surface area contributed by atoms with E-state index in [-0.39, 0.29) is 17.2 Å². The molecule has 1 saturated heterocycles. The number of fused-ring (bicyclic) bond motifs is 1. The van der Waals surface area contributed by atoms with Crippen LogP contribution in [0.25, 0.3) is 10.9 Å². The van der Waals surface area contributed by atoms with E-state index in [0.717, 1.165) is 6.20 Å². The van der Waals surface area contributed by atoms with Crippen molar-refractivity contribution in [1.29, 1.82) is 0 Å². The van der Waals surface area contributed by atoms with Gasteiger partial charge in [0.2, 0.25) is 9.84 Å². The van der Waals surface area contributed by atoms with Gasteiger partial charge in [-0.15, -0.1) is 0 Å². The first-order valence-corrected chi connectivity index (χ1v) is 8.26. The van der Waals surface area contributed by atoms with Gasteiger partial charge in [0, 0.05) is 23.5 Å². The van der Waals surface area contributed by atoms with E-state index in [9.17, 15) is 13.5 Å². The summed E-state index contributed by atoms with van der Waals surface area (Å²) in [6.45, 7) is 1.08. The number of hydrogen-bond donors (Lipinski definition) is 2. The van der Waals surface area contributed by atoms with Crippen LogP contribution in [0.5, 0.6) is 5.75 Å². The SMILES string of the molecule is O=S(=O)(c1cnc2ccc(Cl)cc2c1O)C1CNCCO1. The molecule has 112 valence electrons. The van der Waals surface area contributed by atoms with Crippen LogP contribution in [-0.2, 0) is 14.6 Å². The van der Waals surface area contributed by atoms with E-state index in [0.29, 0.717) is 29.1 Å². The highest BCUT2D eigenvalue weighted by molar-refractivity contribution is 7.92. The van der Waals surface area contributed by atoms with Crippen LogP contribution in [0.3, 0.4) is 0 Å². The highest BCUT2D eigenvalue weighted by Crippen LogP contribution is 2.34. The van der Waals surface area contributed by atoms with Gasteiger partial charge in [-0.05, 0) is 18.2 Å². The fraction of sp³-hybridized carbons (Fsp3) is 0.308. The summed E-state index contributed by atoms with van der Waals surface area (Å²) in [7, 11) is -3.84. The zero-order chi connectivity index (χ0) is 15.0. The predicted molar refractivity (Wildman–Crippen MR) is 78.2 cm³/mol. The smallest absolute Gasteiger partial charge is 0.211 e. The summed E-state index contributed by atoms with van der Waals surface area (Å²) >= 11 is 5.88. The van der Waals surface area contributed by atoms with Crippen LogP contribution in [0.4, 0.5) is 0 Å². The molecule has 1 aliphatic rings. The third-order valence-corrected chi connectivity index (χ3v) is 5.46. The molecule has 0 aliphatic carbocycles. The quantitative estimate of drug-likeness (QED) is 0.864. The molecule has 1 fully saturated rings. The third-order valence-electron chi connectivity index (χ3n) is 3.31. The normalized spacial score (nSPS) is 19.8.